The van der Waals surface area contributed by atoms with Crippen molar-refractivity contribution in [2.24, 2.45) is 0 Å². The molecule has 2 aliphatic heterocycles. The van der Waals surface area contributed by atoms with Gasteiger partial charge in [-0.25, -0.2) is 4.98 Å². The van der Waals surface area contributed by atoms with Crippen LogP contribution in [0.3, 0.4) is 0 Å². The number of ether oxygens (including phenoxy) is 4. The molecule has 2 aromatic heterocycles. The molecule has 304 valence electrons. The molecular weight excluding hydrogens is 820 g/mol. The second-order valence-electron chi connectivity index (χ2n) is 10.0. The molecular formula is C31H27F10N7O6S2. The lowest BCUT2D eigenvalue weighted by Gasteiger charge is -2.04. The van der Waals surface area contributed by atoms with Gasteiger partial charge in [-0.1, -0.05) is 25.2 Å². The van der Waals surface area contributed by atoms with Crippen LogP contribution in [0, 0.1) is 0 Å². The summed E-state index contributed by atoms with van der Waals surface area (Å²) in [6.45, 7) is 4.00. The molecule has 0 radical (unpaired) electrons. The fraction of sp³-hybridized carbons (Fsp3) is 0.258. The summed E-state index contributed by atoms with van der Waals surface area (Å²) in [6.07, 6.45) is -15.2. The maximum atomic E-state index is 12.5. The molecule has 4 heterocycles. The lowest BCUT2D eigenvalue weighted by molar-refractivity contribution is -0.287. The number of rotatable bonds is 4. The Morgan fingerprint density at radius 1 is 0.661 bits per heavy atom. The number of alkyl halides is 10. The third-order valence-electron chi connectivity index (χ3n) is 6.27. The minimum absolute atomic E-state index is 0.0695. The molecule has 0 spiro atoms. The summed E-state index contributed by atoms with van der Waals surface area (Å²) in [5.41, 5.74) is 12.2. The topological polar surface area (TPSA) is 186 Å². The van der Waals surface area contributed by atoms with Crippen LogP contribution in [-0.2, 0) is 12.4 Å². The van der Waals surface area contributed by atoms with Crippen molar-refractivity contribution in [2.45, 2.75) is 38.8 Å². The number of fused-ring (bicyclic) bond motifs is 3. The van der Waals surface area contributed by atoms with Crippen molar-refractivity contribution >= 4 is 67.7 Å². The first-order valence-corrected chi connectivity index (χ1v) is 16.7. The van der Waals surface area contributed by atoms with Crippen LogP contribution in [0.25, 0.3) is 10.2 Å². The molecule has 5 aromatic rings. The zero-order valence-corrected chi connectivity index (χ0v) is 30.4. The number of nitrogens with two attached hydrogens (primary N) is 2. The van der Waals surface area contributed by atoms with Crippen LogP contribution in [0.5, 0.6) is 23.0 Å². The quantitative estimate of drug-likeness (QED) is 0.0765. The van der Waals surface area contributed by atoms with Crippen molar-refractivity contribution in [3.63, 3.8) is 0 Å². The number of hydrogen-bond acceptors (Lipinski definition) is 15. The molecule has 7 rings (SSSR count). The first-order valence-electron chi connectivity index (χ1n) is 15.1. The van der Waals surface area contributed by atoms with E-state index in [2.05, 4.69) is 44.8 Å². The van der Waals surface area contributed by atoms with Crippen molar-refractivity contribution in [1.29, 1.82) is 0 Å². The molecule has 0 amide bonds. The van der Waals surface area contributed by atoms with E-state index in [0.29, 0.717) is 45.5 Å². The maximum absolute atomic E-state index is 12.5. The second kappa shape index (κ2) is 17.7. The smallest absolute Gasteiger partial charge is 0.398 e. The van der Waals surface area contributed by atoms with Crippen molar-refractivity contribution in [2.75, 3.05) is 36.2 Å². The largest absolute Gasteiger partial charge is 0.586 e. The second-order valence-corrected chi connectivity index (χ2v) is 12.0. The Kier molecular flexibility index (Phi) is 14.1. The van der Waals surface area contributed by atoms with Crippen LogP contribution in [0.4, 0.5) is 66.1 Å². The number of nitrogen functional groups attached to an aromatic ring is 2. The fourth-order valence-corrected chi connectivity index (χ4v) is 5.28. The maximum Gasteiger partial charge on any atom is 0.586 e. The Bertz CT molecular complexity index is 2070. The van der Waals surface area contributed by atoms with Crippen LogP contribution in [0.2, 0.25) is 0 Å². The Morgan fingerprint density at radius 2 is 1.11 bits per heavy atom. The van der Waals surface area contributed by atoms with Gasteiger partial charge in [0, 0.05) is 54.4 Å². The van der Waals surface area contributed by atoms with E-state index >= 15 is 0 Å². The molecule has 0 unspecified atom stereocenters. The normalized spacial score (nSPS) is 14.0. The molecule has 0 fully saturated rings. The number of carbonyl (C=O) groups is 2. The van der Waals surface area contributed by atoms with Gasteiger partial charge >= 0.3 is 24.9 Å². The number of hydrogen-bond donors (Lipinski definition) is 4. The highest BCUT2D eigenvalue weighted by atomic mass is 32.1. The van der Waals surface area contributed by atoms with E-state index in [1.165, 1.54) is 7.05 Å². The van der Waals surface area contributed by atoms with Gasteiger partial charge < -0.3 is 41.0 Å². The number of carbonyl (C=O) groups excluding carboxylic acids is 2. The van der Waals surface area contributed by atoms with Gasteiger partial charge in [-0.2, -0.15) is 26.3 Å². The molecule has 56 heavy (non-hydrogen) atoms. The minimum atomic E-state index is -4.38. The van der Waals surface area contributed by atoms with E-state index in [0.717, 1.165) is 30.0 Å². The number of nitrogens with one attached hydrogen (secondary N) is 2. The summed E-state index contributed by atoms with van der Waals surface area (Å²) in [5.74, 6) is -0.714. The van der Waals surface area contributed by atoms with Crippen LogP contribution < -0.4 is 41.0 Å². The van der Waals surface area contributed by atoms with Crippen LogP contribution in [0.15, 0.2) is 42.5 Å². The van der Waals surface area contributed by atoms with Crippen LogP contribution in [0.1, 0.15) is 44.6 Å². The predicted molar refractivity (Wildman–Crippen MR) is 185 cm³/mol. The number of aromatic nitrogens is 3. The van der Waals surface area contributed by atoms with Gasteiger partial charge in [-0.05, 0) is 30.3 Å². The summed E-state index contributed by atoms with van der Waals surface area (Å²) in [5, 5.41) is 9.93. The van der Waals surface area contributed by atoms with Crippen molar-refractivity contribution < 1.29 is 72.4 Å². The summed E-state index contributed by atoms with van der Waals surface area (Å²) < 4.78 is 140. The van der Waals surface area contributed by atoms with Crippen molar-refractivity contribution in [1.82, 2.24) is 15.2 Å². The highest BCUT2D eigenvalue weighted by molar-refractivity contribution is 7.18. The van der Waals surface area contributed by atoms with Gasteiger partial charge in [0.25, 0.3) is 0 Å². The van der Waals surface area contributed by atoms with E-state index in [4.69, 9.17) is 11.5 Å². The van der Waals surface area contributed by atoms with Gasteiger partial charge in [0.15, 0.2) is 40.6 Å². The third kappa shape index (κ3) is 11.6. The molecule has 13 nitrogen and oxygen atoms in total. The number of halogens is 10. The summed E-state index contributed by atoms with van der Waals surface area (Å²) in [6, 6.07) is 9.42. The number of anilines is 4. The molecule has 6 N–H and O–H groups in total. The van der Waals surface area contributed by atoms with E-state index in [9.17, 15) is 53.5 Å². The predicted octanol–water partition coefficient (Wildman–Crippen LogP) is 8.79. The lowest BCUT2D eigenvalue weighted by atomic mass is 10.2. The van der Waals surface area contributed by atoms with Crippen LogP contribution in [-0.4, -0.2) is 54.4 Å². The van der Waals surface area contributed by atoms with Gasteiger partial charge in [0.1, 0.15) is 0 Å². The van der Waals surface area contributed by atoms with E-state index in [1.807, 2.05) is 13.8 Å². The minimum Gasteiger partial charge on any atom is -0.398 e. The van der Waals surface area contributed by atoms with Crippen molar-refractivity contribution in [3.05, 3.63) is 63.6 Å². The Labute approximate surface area is 316 Å². The summed E-state index contributed by atoms with van der Waals surface area (Å²) in [4.78, 5) is 24.4. The average Bonchev–Trinajstić information content (AvgIpc) is 3.91. The highest BCUT2D eigenvalue weighted by Crippen LogP contribution is 2.44. The van der Waals surface area contributed by atoms with Crippen LogP contribution >= 0.6 is 22.7 Å². The standard InChI is InChI=1S/C9H7F3N2S.2C8H5F2NO3.C4H4F3N3S.C2H6/c1-13-5-2-3-7-6(4-5)14-8(15-7)9(10,11)12;2*9-8(10)13-6-1-4(3-12)5(11)2-7(6)14-8;1-8-3-10-9-2(11-3)4(5,6)7;1-2/h2-4,13H,1H3;2*1-3H,11H2;1H3,(H,8,10);1-2H3. The number of benzene rings is 3. The molecule has 2 aliphatic rings. The first kappa shape index (κ1) is 44.5. The third-order valence-corrected chi connectivity index (χ3v) is 8.33. The Morgan fingerprint density at radius 3 is 1.46 bits per heavy atom. The lowest BCUT2D eigenvalue weighted by Crippen LogP contribution is -2.25. The summed E-state index contributed by atoms with van der Waals surface area (Å²) in [7, 11) is 3.19. The molecule has 0 saturated carbocycles. The van der Waals surface area contributed by atoms with Crippen molar-refractivity contribution in [3.8, 4) is 23.0 Å². The zero-order valence-electron chi connectivity index (χ0n) is 28.7. The number of nitrogens with zero attached hydrogens (tertiary/aromatic N) is 3. The molecule has 0 atom stereocenters. The average molecular weight is 848 g/mol. The van der Waals surface area contributed by atoms with E-state index < -0.39 is 35.0 Å². The van der Waals surface area contributed by atoms with Gasteiger partial charge in [0.05, 0.1) is 10.2 Å². The number of aldehydes is 2. The monoisotopic (exact) mass is 847 g/mol. The first-order chi connectivity index (χ1) is 26.1. The SMILES string of the molecule is CC.CNc1ccc2sc(C(F)(F)F)nc2c1.CNc1nnc(C(F)(F)F)s1.Nc1cc2c(cc1C=O)OC(F)(F)O2.Nc1cc2c(cc1C=O)OC(F)(F)O2. The van der Waals surface area contributed by atoms with Gasteiger partial charge in [-0.3, -0.25) is 9.59 Å². The zero-order chi connectivity index (χ0) is 42.2. The van der Waals surface area contributed by atoms with E-state index in [-0.39, 0.29) is 50.6 Å². The fourth-order valence-electron chi connectivity index (χ4n) is 3.90. The summed E-state index contributed by atoms with van der Waals surface area (Å²) >= 11 is 1.14. The molecule has 25 heteroatoms. The molecule has 0 bridgehead atoms. The molecule has 3 aromatic carbocycles. The van der Waals surface area contributed by atoms with Gasteiger partial charge in [0.2, 0.25) is 10.1 Å². The Balaban J connectivity index is 0.000000198. The number of thiazole rings is 1. The highest BCUT2D eigenvalue weighted by Gasteiger charge is 2.44. The molecule has 0 aliphatic carbocycles. The Hall–Kier alpha value is -5.85. The van der Waals surface area contributed by atoms with E-state index in [1.54, 1.807) is 25.2 Å². The molecule has 0 saturated heterocycles. The van der Waals surface area contributed by atoms with Gasteiger partial charge in [-0.15, -0.1) is 39.1 Å².